The molecule has 2 N–H and O–H groups in total. The fourth-order valence-electron chi connectivity index (χ4n) is 3.14. The molecule has 0 aliphatic carbocycles. The van der Waals surface area contributed by atoms with E-state index in [0.717, 1.165) is 62.0 Å². The molecule has 0 spiro atoms. The Balaban J connectivity index is 1.84. The molecule has 0 aromatic carbocycles. The van der Waals surface area contributed by atoms with Crippen LogP contribution in [0, 0.1) is 13.8 Å². The largest absolute Gasteiger partial charge is 0.359 e. The average Bonchev–Trinajstić information content (AvgIpc) is 3.24. The van der Waals surface area contributed by atoms with E-state index in [-0.39, 0.29) is 0 Å². The monoisotopic (exact) mass is 374 g/mol. The van der Waals surface area contributed by atoms with Crippen LogP contribution in [0.3, 0.4) is 0 Å². The van der Waals surface area contributed by atoms with E-state index in [1.807, 2.05) is 13.0 Å². The van der Waals surface area contributed by atoms with E-state index < -0.39 is 0 Å². The van der Waals surface area contributed by atoms with Crippen molar-refractivity contribution in [3.8, 4) is 0 Å². The Kier molecular flexibility index (Phi) is 8.36. The molecule has 0 saturated heterocycles. The van der Waals surface area contributed by atoms with Gasteiger partial charge in [0.2, 0.25) is 0 Å². The van der Waals surface area contributed by atoms with Crippen LogP contribution in [0.1, 0.15) is 68.8 Å². The Bertz CT molecular complexity index is 714. The minimum Gasteiger partial charge on any atom is -0.359 e. The van der Waals surface area contributed by atoms with E-state index in [4.69, 9.17) is 4.52 Å². The maximum atomic E-state index is 5.45. The first-order valence-corrected chi connectivity index (χ1v) is 10.1. The maximum absolute atomic E-state index is 5.45. The summed E-state index contributed by atoms with van der Waals surface area (Å²) in [6.07, 6.45) is 3.13. The van der Waals surface area contributed by atoms with Gasteiger partial charge in [0.05, 0.1) is 11.4 Å². The summed E-state index contributed by atoms with van der Waals surface area (Å²) in [6, 6.07) is 4.14. The van der Waals surface area contributed by atoms with Gasteiger partial charge in [0.15, 0.2) is 11.7 Å². The summed E-state index contributed by atoms with van der Waals surface area (Å²) in [6.45, 7) is 13.6. The van der Waals surface area contributed by atoms with Crippen LogP contribution < -0.4 is 10.6 Å². The third-order valence-electron chi connectivity index (χ3n) is 4.66. The van der Waals surface area contributed by atoms with Gasteiger partial charge in [0, 0.05) is 37.3 Å². The molecule has 0 fully saturated rings. The van der Waals surface area contributed by atoms with Gasteiger partial charge in [0.25, 0.3) is 0 Å². The van der Waals surface area contributed by atoms with Crippen molar-refractivity contribution in [3.05, 3.63) is 35.0 Å². The molecule has 7 nitrogen and oxygen atoms in total. The van der Waals surface area contributed by atoms with Gasteiger partial charge in [-0.3, -0.25) is 4.68 Å². The average molecular weight is 375 g/mol. The fourth-order valence-corrected chi connectivity index (χ4v) is 3.14. The van der Waals surface area contributed by atoms with Gasteiger partial charge in [-0.25, -0.2) is 4.99 Å². The molecule has 2 aromatic heterocycles. The second-order valence-electron chi connectivity index (χ2n) is 6.86. The molecule has 150 valence electrons. The number of rotatable bonds is 10. The maximum Gasteiger partial charge on any atom is 0.191 e. The molecule has 0 radical (unpaired) electrons. The molecule has 2 heterocycles. The highest BCUT2D eigenvalue weighted by molar-refractivity contribution is 5.79. The predicted molar refractivity (Wildman–Crippen MR) is 109 cm³/mol. The zero-order valence-corrected chi connectivity index (χ0v) is 17.4. The highest BCUT2D eigenvalue weighted by atomic mass is 16.5. The Morgan fingerprint density at radius 3 is 2.59 bits per heavy atom. The van der Waals surface area contributed by atoms with Crippen LogP contribution in [0.25, 0.3) is 0 Å². The summed E-state index contributed by atoms with van der Waals surface area (Å²) in [5, 5.41) is 15.3. The quantitative estimate of drug-likeness (QED) is 0.378. The Morgan fingerprint density at radius 1 is 1.19 bits per heavy atom. The van der Waals surface area contributed by atoms with Crippen molar-refractivity contribution in [3.63, 3.8) is 0 Å². The fraction of sp³-hybridized carbons (Fsp3) is 0.650. The van der Waals surface area contributed by atoms with Crippen molar-refractivity contribution in [1.29, 1.82) is 0 Å². The molecule has 2 aromatic rings. The molecular weight excluding hydrogens is 340 g/mol. The lowest BCUT2D eigenvalue weighted by Gasteiger charge is -2.11. The number of nitrogens with one attached hydrogen (secondary N) is 2. The van der Waals surface area contributed by atoms with Crippen LogP contribution in [0.2, 0.25) is 0 Å². The zero-order valence-electron chi connectivity index (χ0n) is 17.4. The summed E-state index contributed by atoms with van der Waals surface area (Å²) in [5.74, 6) is 2.07. The van der Waals surface area contributed by atoms with Crippen molar-refractivity contribution >= 4 is 5.96 Å². The number of aliphatic imine (C=N–C) groups is 1. The summed E-state index contributed by atoms with van der Waals surface area (Å²) in [7, 11) is 0. The van der Waals surface area contributed by atoms with E-state index in [1.165, 1.54) is 5.69 Å². The van der Waals surface area contributed by atoms with Crippen molar-refractivity contribution in [2.24, 2.45) is 4.99 Å². The van der Waals surface area contributed by atoms with Crippen molar-refractivity contribution in [2.45, 2.75) is 72.9 Å². The third-order valence-corrected chi connectivity index (χ3v) is 4.66. The van der Waals surface area contributed by atoms with Crippen molar-refractivity contribution in [1.82, 2.24) is 25.6 Å². The Labute approximate surface area is 162 Å². The van der Waals surface area contributed by atoms with Crippen LogP contribution in [-0.2, 0) is 13.1 Å². The lowest BCUT2D eigenvalue weighted by atomic mass is 9.99. The molecule has 0 saturated carbocycles. The van der Waals surface area contributed by atoms with E-state index >= 15 is 0 Å². The first kappa shape index (κ1) is 21.0. The van der Waals surface area contributed by atoms with Gasteiger partial charge in [-0.15, -0.1) is 0 Å². The molecule has 0 amide bonds. The van der Waals surface area contributed by atoms with Crippen LogP contribution >= 0.6 is 0 Å². The van der Waals surface area contributed by atoms with Gasteiger partial charge in [-0.2, -0.15) is 5.10 Å². The molecule has 0 unspecified atom stereocenters. The normalized spacial score (nSPS) is 12.0. The molecule has 0 aliphatic heterocycles. The van der Waals surface area contributed by atoms with E-state index in [9.17, 15) is 0 Å². The summed E-state index contributed by atoms with van der Waals surface area (Å²) in [5.41, 5.74) is 3.30. The number of aromatic nitrogens is 3. The van der Waals surface area contributed by atoms with Gasteiger partial charge in [0.1, 0.15) is 6.54 Å². The number of nitrogens with zero attached hydrogens (tertiary/aromatic N) is 4. The van der Waals surface area contributed by atoms with Crippen molar-refractivity contribution < 1.29 is 4.52 Å². The minimum absolute atomic E-state index is 0.465. The molecule has 0 atom stereocenters. The van der Waals surface area contributed by atoms with Crippen LogP contribution in [0.5, 0.6) is 0 Å². The number of guanidine groups is 1. The third kappa shape index (κ3) is 6.41. The standard InChI is InChI=1S/C20H34N6O/c1-6-17(7-2)19-13-18(27-25-19)14-23-20(21-8-3)22-10-9-11-26-16(5)12-15(4)24-26/h12-13,17H,6-11,14H2,1-5H3,(H2,21,22,23). The minimum atomic E-state index is 0.465. The smallest absolute Gasteiger partial charge is 0.191 e. The van der Waals surface area contributed by atoms with Gasteiger partial charge in [-0.05, 0) is 46.1 Å². The first-order chi connectivity index (χ1) is 13.1. The molecule has 27 heavy (non-hydrogen) atoms. The van der Waals surface area contributed by atoms with Gasteiger partial charge in [-0.1, -0.05) is 19.0 Å². The van der Waals surface area contributed by atoms with Crippen LogP contribution in [0.4, 0.5) is 0 Å². The number of hydrogen-bond acceptors (Lipinski definition) is 4. The number of hydrogen-bond donors (Lipinski definition) is 2. The van der Waals surface area contributed by atoms with E-state index in [1.54, 1.807) is 0 Å². The summed E-state index contributed by atoms with van der Waals surface area (Å²) < 4.78 is 7.50. The highest BCUT2D eigenvalue weighted by Gasteiger charge is 2.12. The predicted octanol–water partition coefficient (Wildman–Crippen LogP) is 3.54. The second kappa shape index (κ2) is 10.7. The SMILES string of the molecule is CCNC(=NCc1cc(C(CC)CC)no1)NCCCn1nc(C)cc1C. The first-order valence-electron chi connectivity index (χ1n) is 10.1. The highest BCUT2D eigenvalue weighted by Crippen LogP contribution is 2.22. The lowest BCUT2D eigenvalue weighted by molar-refractivity contribution is 0.372. The lowest BCUT2D eigenvalue weighted by Crippen LogP contribution is -2.38. The molecule has 0 aliphatic rings. The Hall–Kier alpha value is -2.31. The molecule has 0 bridgehead atoms. The van der Waals surface area contributed by atoms with Crippen LogP contribution in [-0.4, -0.2) is 34.0 Å². The topological polar surface area (TPSA) is 80.3 Å². The zero-order chi connectivity index (χ0) is 19.6. The summed E-state index contributed by atoms with van der Waals surface area (Å²) in [4.78, 5) is 4.61. The molecule has 2 rings (SSSR count). The number of aryl methyl sites for hydroxylation is 3. The molecule has 7 heteroatoms. The second-order valence-corrected chi connectivity index (χ2v) is 6.86. The molecular formula is C20H34N6O. The van der Waals surface area contributed by atoms with E-state index in [2.05, 4.69) is 64.3 Å². The van der Waals surface area contributed by atoms with Crippen molar-refractivity contribution in [2.75, 3.05) is 13.1 Å². The van der Waals surface area contributed by atoms with Gasteiger partial charge >= 0.3 is 0 Å². The Morgan fingerprint density at radius 2 is 1.96 bits per heavy atom. The summed E-state index contributed by atoms with van der Waals surface area (Å²) >= 11 is 0. The van der Waals surface area contributed by atoms with Gasteiger partial charge < -0.3 is 15.2 Å². The van der Waals surface area contributed by atoms with Crippen LogP contribution in [0.15, 0.2) is 21.6 Å². The van der Waals surface area contributed by atoms with E-state index in [0.29, 0.717) is 12.5 Å².